The van der Waals surface area contributed by atoms with E-state index in [0.717, 1.165) is 5.06 Å². The summed E-state index contributed by atoms with van der Waals surface area (Å²) in [5.41, 5.74) is 0.610. The van der Waals surface area contributed by atoms with Crippen LogP contribution >= 0.6 is 11.3 Å². The van der Waals surface area contributed by atoms with Gasteiger partial charge in [-0.25, -0.2) is 0 Å². The van der Waals surface area contributed by atoms with Crippen molar-refractivity contribution in [1.29, 1.82) is 5.26 Å². The largest absolute Gasteiger partial charge is 0.447 e. The molecule has 1 aromatic carbocycles. The number of ether oxygens (including phenoxy) is 1. The van der Waals surface area contributed by atoms with Crippen molar-refractivity contribution in [2.45, 2.75) is 0 Å². The number of benzene rings is 1. The van der Waals surface area contributed by atoms with Gasteiger partial charge in [0.25, 0.3) is 0 Å². The molecule has 0 unspecified atom stereocenters. The minimum Gasteiger partial charge on any atom is -0.447 e. The van der Waals surface area contributed by atoms with Gasteiger partial charge in [-0.15, -0.1) is 11.3 Å². The molecule has 0 spiro atoms. The minimum atomic E-state index is 0.610. The maximum absolute atomic E-state index is 8.69. The maximum atomic E-state index is 8.69. The summed E-state index contributed by atoms with van der Waals surface area (Å²) in [5, 5.41) is 11.5. The molecule has 0 amide bonds. The molecule has 1 heterocycles. The number of hydrogen-bond acceptors (Lipinski definition) is 3. The van der Waals surface area contributed by atoms with Crippen molar-refractivity contribution in [3.05, 3.63) is 47.3 Å². The lowest BCUT2D eigenvalue weighted by atomic mass is 10.2. The van der Waals surface area contributed by atoms with E-state index in [4.69, 9.17) is 10.00 Å². The Kier molecular flexibility index (Phi) is 2.48. The normalized spacial score (nSPS) is 9.36. The predicted octanol–water partition coefficient (Wildman–Crippen LogP) is 3.41. The van der Waals surface area contributed by atoms with E-state index < -0.39 is 0 Å². The van der Waals surface area contributed by atoms with E-state index in [9.17, 15) is 0 Å². The van der Waals surface area contributed by atoms with Crippen molar-refractivity contribution >= 4 is 11.3 Å². The second-order valence-electron chi connectivity index (χ2n) is 2.67. The van der Waals surface area contributed by atoms with Gasteiger partial charge in [-0.05, 0) is 35.7 Å². The minimum absolute atomic E-state index is 0.610. The van der Waals surface area contributed by atoms with Crippen LogP contribution in [-0.2, 0) is 0 Å². The molecule has 14 heavy (non-hydrogen) atoms. The third kappa shape index (κ3) is 1.93. The van der Waals surface area contributed by atoms with Crippen molar-refractivity contribution in [3.8, 4) is 16.9 Å². The van der Waals surface area contributed by atoms with Gasteiger partial charge in [-0.1, -0.05) is 6.07 Å². The van der Waals surface area contributed by atoms with Crippen LogP contribution in [0.2, 0.25) is 0 Å². The molecule has 68 valence electrons. The summed E-state index contributed by atoms with van der Waals surface area (Å²) >= 11 is 1.53. The van der Waals surface area contributed by atoms with Crippen LogP contribution in [0.3, 0.4) is 0 Å². The SMILES string of the molecule is N#Cc1cccc(Oc2cccs2)c1. The van der Waals surface area contributed by atoms with Gasteiger partial charge < -0.3 is 4.74 Å². The van der Waals surface area contributed by atoms with E-state index in [0.29, 0.717) is 11.3 Å². The van der Waals surface area contributed by atoms with Crippen LogP contribution in [0, 0.1) is 11.3 Å². The smallest absolute Gasteiger partial charge is 0.180 e. The summed E-state index contributed by atoms with van der Waals surface area (Å²) in [7, 11) is 0. The highest BCUT2D eigenvalue weighted by Gasteiger charge is 1.98. The Morgan fingerprint density at radius 2 is 2.14 bits per heavy atom. The van der Waals surface area contributed by atoms with Crippen LogP contribution in [0.1, 0.15) is 5.56 Å². The molecule has 0 atom stereocenters. The fourth-order valence-electron chi connectivity index (χ4n) is 1.07. The lowest BCUT2D eigenvalue weighted by Crippen LogP contribution is -1.81. The average molecular weight is 201 g/mol. The molecule has 0 bridgehead atoms. The van der Waals surface area contributed by atoms with E-state index in [2.05, 4.69) is 6.07 Å². The molecule has 2 nitrogen and oxygen atoms in total. The molecule has 0 radical (unpaired) electrons. The zero-order valence-electron chi connectivity index (χ0n) is 7.31. The highest BCUT2D eigenvalue weighted by molar-refractivity contribution is 7.11. The summed E-state index contributed by atoms with van der Waals surface area (Å²) in [6, 6.07) is 13.0. The summed E-state index contributed by atoms with van der Waals surface area (Å²) in [6.45, 7) is 0. The first-order chi connectivity index (χ1) is 6.88. The molecule has 2 aromatic rings. The number of nitriles is 1. The molecule has 0 aliphatic rings. The van der Waals surface area contributed by atoms with Gasteiger partial charge in [0, 0.05) is 0 Å². The van der Waals surface area contributed by atoms with E-state index in [1.807, 2.05) is 29.6 Å². The Labute approximate surface area is 86.0 Å². The van der Waals surface area contributed by atoms with Gasteiger partial charge in [0.2, 0.25) is 0 Å². The van der Waals surface area contributed by atoms with Gasteiger partial charge in [0.1, 0.15) is 5.75 Å². The molecule has 0 saturated heterocycles. The van der Waals surface area contributed by atoms with Crippen molar-refractivity contribution in [3.63, 3.8) is 0 Å². The van der Waals surface area contributed by atoms with Crippen LogP contribution < -0.4 is 4.74 Å². The summed E-state index contributed by atoms with van der Waals surface area (Å²) in [5.74, 6) is 0.700. The monoisotopic (exact) mass is 201 g/mol. The average Bonchev–Trinajstić information content (AvgIpc) is 2.71. The summed E-state index contributed by atoms with van der Waals surface area (Å²) < 4.78 is 5.53. The van der Waals surface area contributed by atoms with Gasteiger partial charge in [-0.3, -0.25) is 0 Å². The number of rotatable bonds is 2. The summed E-state index contributed by atoms with van der Waals surface area (Å²) in [6.07, 6.45) is 0. The number of nitrogens with zero attached hydrogens (tertiary/aromatic N) is 1. The molecule has 3 heteroatoms. The second kappa shape index (κ2) is 3.95. The second-order valence-corrected chi connectivity index (χ2v) is 3.58. The van der Waals surface area contributed by atoms with Crippen molar-refractivity contribution < 1.29 is 4.74 Å². The van der Waals surface area contributed by atoms with Crippen LogP contribution in [0.5, 0.6) is 10.8 Å². The van der Waals surface area contributed by atoms with E-state index in [1.165, 1.54) is 11.3 Å². The summed E-state index contributed by atoms with van der Waals surface area (Å²) in [4.78, 5) is 0. The van der Waals surface area contributed by atoms with Crippen LogP contribution in [-0.4, -0.2) is 0 Å². The van der Waals surface area contributed by atoms with E-state index >= 15 is 0 Å². The van der Waals surface area contributed by atoms with Crippen LogP contribution in [0.25, 0.3) is 0 Å². The lowest BCUT2D eigenvalue weighted by Gasteiger charge is -2.01. The fraction of sp³-hybridized carbons (Fsp3) is 0. The molecule has 1 aromatic heterocycles. The molecule has 0 N–H and O–H groups in total. The first-order valence-corrected chi connectivity index (χ1v) is 4.98. The molecule has 0 fully saturated rings. The molecule has 0 aliphatic heterocycles. The van der Waals surface area contributed by atoms with Crippen molar-refractivity contribution in [2.75, 3.05) is 0 Å². The standard InChI is InChI=1S/C11H7NOS/c12-8-9-3-1-4-10(7-9)13-11-5-2-6-14-11/h1-7H. The lowest BCUT2D eigenvalue weighted by molar-refractivity contribution is 0.496. The number of thiophene rings is 1. The van der Waals surface area contributed by atoms with E-state index in [1.54, 1.807) is 12.1 Å². The Hall–Kier alpha value is -1.79. The maximum Gasteiger partial charge on any atom is 0.180 e. The molecule has 0 aliphatic carbocycles. The zero-order chi connectivity index (χ0) is 9.80. The first kappa shape index (κ1) is 8.79. The first-order valence-electron chi connectivity index (χ1n) is 4.10. The third-order valence-electron chi connectivity index (χ3n) is 1.68. The zero-order valence-corrected chi connectivity index (χ0v) is 8.12. The van der Waals surface area contributed by atoms with Crippen LogP contribution in [0.4, 0.5) is 0 Å². The molecule has 0 saturated carbocycles. The fourth-order valence-corrected chi connectivity index (χ4v) is 1.66. The third-order valence-corrected chi connectivity index (χ3v) is 2.42. The van der Waals surface area contributed by atoms with Crippen molar-refractivity contribution in [2.24, 2.45) is 0 Å². The van der Waals surface area contributed by atoms with Gasteiger partial charge in [0.15, 0.2) is 5.06 Å². The van der Waals surface area contributed by atoms with Crippen molar-refractivity contribution in [1.82, 2.24) is 0 Å². The number of hydrogen-bond donors (Lipinski definition) is 0. The molecule has 2 rings (SSSR count). The predicted molar refractivity (Wildman–Crippen MR) is 55.6 cm³/mol. The van der Waals surface area contributed by atoms with Gasteiger partial charge in [0.05, 0.1) is 11.6 Å². The van der Waals surface area contributed by atoms with E-state index in [-0.39, 0.29) is 0 Å². The van der Waals surface area contributed by atoms with Gasteiger partial charge in [-0.2, -0.15) is 5.26 Å². The molecular formula is C11H7NOS. The Bertz CT molecular complexity index is 456. The topological polar surface area (TPSA) is 33.0 Å². The quantitative estimate of drug-likeness (QED) is 0.745. The Morgan fingerprint density at radius 1 is 1.21 bits per heavy atom. The highest BCUT2D eigenvalue weighted by Crippen LogP contribution is 2.26. The van der Waals surface area contributed by atoms with Gasteiger partial charge >= 0.3 is 0 Å². The highest BCUT2D eigenvalue weighted by atomic mass is 32.1. The van der Waals surface area contributed by atoms with Crippen LogP contribution in [0.15, 0.2) is 41.8 Å². The molecular weight excluding hydrogens is 194 g/mol. The Balaban J connectivity index is 2.22. The Morgan fingerprint density at radius 3 is 2.86 bits per heavy atom.